The lowest BCUT2D eigenvalue weighted by Gasteiger charge is -2.15. The van der Waals surface area contributed by atoms with E-state index >= 15 is 0 Å². The molecule has 1 atom stereocenters. The van der Waals surface area contributed by atoms with E-state index in [1.807, 2.05) is 12.1 Å². The molecule has 1 unspecified atom stereocenters. The van der Waals surface area contributed by atoms with Crippen LogP contribution in [0.5, 0.6) is 0 Å². The Hall–Kier alpha value is -1.58. The van der Waals surface area contributed by atoms with Gasteiger partial charge in [-0.3, -0.25) is 5.84 Å². The van der Waals surface area contributed by atoms with Gasteiger partial charge in [0.15, 0.2) is 0 Å². The number of nitrogens with one attached hydrogen (secondary N) is 1. The lowest BCUT2D eigenvalue weighted by atomic mass is 9.98. The molecule has 2 rings (SSSR count). The van der Waals surface area contributed by atoms with Crippen LogP contribution in [-0.4, -0.2) is 0 Å². The Balaban J connectivity index is 2.26. The molecule has 0 aliphatic carbocycles. The van der Waals surface area contributed by atoms with Crippen LogP contribution < -0.4 is 11.3 Å². The fraction of sp³-hybridized carbons (Fsp3) is 0.286. The van der Waals surface area contributed by atoms with E-state index in [-0.39, 0.29) is 6.04 Å². The predicted molar refractivity (Wildman–Crippen MR) is 68.4 cm³/mol. The van der Waals surface area contributed by atoms with Crippen LogP contribution in [0.4, 0.5) is 0 Å². The molecule has 0 spiro atoms. The van der Waals surface area contributed by atoms with Crippen molar-refractivity contribution in [2.24, 2.45) is 5.84 Å². The van der Waals surface area contributed by atoms with Crippen molar-refractivity contribution in [3.8, 4) is 0 Å². The largest absolute Gasteiger partial charge is 0.467 e. The van der Waals surface area contributed by atoms with Gasteiger partial charge in [-0.05, 0) is 29.2 Å². The first-order valence-electron chi connectivity index (χ1n) is 5.81. The number of furan rings is 1. The molecule has 0 aliphatic heterocycles. The molecular weight excluding hydrogens is 212 g/mol. The van der Waals surface area contributed by atoms with Crippen LogP contribution in [0.15, 0.2) is 47.1 Å². The second-order valence-electron chi connectivity index (χ2n) is 4.44. The standard InChI is InChI=1S/C14H18N2O/c1-10(2)11-5-7-12(8-6-11)14(16-15)13-4-3-9-17-13/h3-10,14,16H,15H2,1-2H3. The zero-order valence-corrected chi connectivity index (χ0v) is 10.2. The average Bonchev–Trinajstić information content (AvgIpc) is 2.84. The summed E-state index contributed by atoms with van der Waals surface area (Å²) >= 11 is 0. The maximum absolute atomic E-state index is 5.58. The second-order valence-corrected chi connectivity index (χ2v) is 4.44. The van der Waals surface area contributed by atoms with Crippen LogP contribution in [0.1, 0.15) is 42.7 Å². The average molecular weight is 230 g/mol. The normalized spacial score (nSPS) is 12.9. The first-order valence-corrected chi connectivity index (χ1v) is 5.81. The molecule has 0 radical (unpaired) electrons. The molecule has 1 aromatic heterocycles. The van der Waals surface area contributed by atoms with Gasteiger partial charge < -0.3 is 4.42 Å². The fourth-order valence-electron chi connectivity index (χ4n) is 1.87. The van der Waals surface area contributed by atoms with Crippen LogP contribution in [0.2, 0.25) is 0 Å². The molecule has 0 saturated heterocycles. The monoisotopic (exact) mass is 230 g/mol. The molecule has 0 bridgehead atoms. The molecule has 0 saturated carbocycles. The van der Waals surface area contributed by atoms with Crippen LogP contribution >= 0.6 is 0 Å². The third-order valence-corrected chi connectivity index (χ3v) is 2.93. The first-order chi connectivity index (χ1) is 8.22. The van der Waals surface area contributed by atoms with Gasteiger partial charge >= 0.3 is 0 Å². The van der Waals surface area contributed by atoms with Gasteiger partial charge in [0, 0.05) is 0 Å². The molecule has 1 heterocycles. The molecule has 2 aromatic rings. The van der Waals surface area contributed by atoms with Gasteiger partial charge in [0.25, 0.3) is 0 Å². The van der Waals surface area contributed by atoms with Crippen molar-refractivity contribution in [1.82, 2.24) is 5.43 Å². The molecule has 0 amide bonds. The quantitative estimate of drug-likeness (QED) is 0.627. The van der Waals surface area contributed by atoms with Gasteiger partial charge in [-0.15, -0.1) is 0 Å². The maximum Gasteiger partial charge on any atom is 0.126 e. The summed E-state index contributed by atoms with van der Waals surface area (Å²) in [4.78, 5) is 0. The van der Waals surface area contributed by atoms with Gasteiger partial charge in [-0.25, -0.2) is 5.43 Å². The van der Waals surface area contributed by atoms with Crippen LogP contribution in [0.25, 0.3) is 0 Å². The van der Waals surface area contributed by atoms with Crippen LogP contribution in [-0.2, 0) is 0 Å². The third kappa shape index (κ3) is 2.57. The van der Waals surface area contributed by atoms with E-state index in [0.717, 1.165) is 11.3 Å². The minimum absolute atomic E-state index is 0.0915. The molecule has 0 aliphatic rings. The number of benzene rings is 1. The van der Waals surface area contributed by atoms with Gasteiger partial charge in [0.2, 0.25) is 0 Å². The Kier molecular flexibility index (Phi) is 3.61. The van der Waals surface area contributed by atoms with Crippen molar-refractivity contribution in [2.75, 3.05) is 0 Å². The Morgan fingerprint density at radius 3 is 2.18 bits per heavy atom. The molecular formula is C14H18N2O. The SMILES string of the molecule is CC(C)c1ccc(C(NN)c2ccco2)cc1. The molecule has 3 nitrogen and oxygen atoms in total. The van der Waals surface area contributed by atoms with E-state index in [0.29, 0.717) is 5.92 Å². The lowest BCUT2D eigenvalue weighted by molar-refractivity contribution is 0.452. The van der Waals surface area contributed by atoms with Crippen LogP contribution in [0, 0.1) is 0 Å². The van der Waals surface area contributed by atoms with E-state index in [1.165, 1.54) is 5.56 Å². The Morgan fingerprint density at radius 2 is 1.71 bits per heavy atom. The van der Waals surface area contributed by atoms with Crippen molar-refractivity contribution >= 4 is 0 Å². The van der Waals surface area contributed by atoms with E-state index < -0.39 is 0 Å². The third-order valence-electron chi connectivity index (χ3n) is 2.93. The Labute approximate surface area is 102 Å². The Morgan fingerprint density at radius 1 is 1.06 bits per heavy atom. The number of nitrogens with two attached hydrogens (primary N) is 1. The number of rotatable bonds is 4. The highest BCUT2D eigenvalue weighted by molar-refractivity contribution is 5.30. The van der Waals surface area contributed by atoms with E-state index in [4.69, 9.17) is 10.3 Å². The maximum atomic E-state index is 5.58. The van der Waals surface area contributed by atoms with E-state index in [1.54, 1.807) is 6.26 Å². The van der Waals surface area contributed by atoms with Crippen molar-refractivity contribution < 1.29 is 4.42 Å². The number of hydrogen-bond donors (Lipinski definition) is 2. The van der Waals surface area contributed by atoms with Gasteiger partial charge in [-0.1, -0.05) is 38.1 Å². The smallest absolute Gasteiger partial charge is 0.126 e. The zero-order valence-electron chi connectivity index (χ0n) is 10.2. The second kappa shape index (κ2) is 5.17. The Bertz CT molecular complexity index is 446. The topological polar surface area (TPSA) is 51.2 Å². The summed E-state index contributed by atoms with van der Waals surface area (Å²) in [7, 11) is 0. The highest BCUT2D eigenvalue weighted by Gasteiger charge is 2.14. The molecule has 0 fully saturated rings. The van der Waals surface area contributed by atoms with Crippen molar-refractivity contribution in [2.45, 2.75) is 25.8 Å². The number of hydrogen-bond acceptors (Lipinski definition) is 3. The first kappa shape index (κ1) is 11.9. The highest BCUT2D eigenvalue weighted by atomic mass is 16.3. The predicted octanol–water partition coefficient (Wildman–Crippen LogP) is 2.96. The van der Waals surface area contributed by atoms with Crippen molar-refractivity contribution in [3.05, 3.63) is 59.5 Å². The van der Waals surface area contributed by atoms with Crippen LogP contribution in [0.3, 0.4) is 0 Å². The minimum atomic E-state index is -0.0915. The zero-order chi connectivity index (χ0) is 12.3. The van der Waals surface area contributed by atoms with E-state index in [2.05, 4.69) is 43.5 Å². The summed E-state index contributed by atoms with van der Waals surface area (Å²) in [5.74, 6) is 6.95. The molecule has 17 heavy (non-hydrogen) atoms. The fourth-order valence-corrected chi connectivity index (χ4v) is 1.87. The molecule has 1 aromatic carbocycles. The van der Waals surface area contributed by atoms with Crippen molar-refractivity contribution in [1.29, 1.82) is 0 Å². The summed E-state index contributed by atoms with van der Waals surface area (Å²) in [6, 6.07) is 12.1. The molecule has 3 heteroatoms. The highest BCUT2D eigenvalue weighted by Crippen LogP contribution is 2.23. The summed E-state index contributed by atoms with van der Waals surface area (Å²) < 4.78 is 5.38. The molecule has 90 valence electrons. The van der Waals surface area contributed by atoms with Gasteiger partial charge in [0.1, 0.15) is 11.8 Å². The summed E-state index contributed by atoms with van der Waals surface area (Å²) in [5.41, 5.74) is 5.20. The summed E-state index contributed by atoms with van der Waals surface area (Å²) in [6.07, 6.45) is 1.65. The minimum Gasteiger partial charge on any atom is -0.467 e. The molecule has 3 N–H and O–H groups in total. The summed E-state index contributed by atoms with van der Waals surface area (Å²) in [5, 5.41) is 0. The van der Waals surface area contributed by atoms with E-state index in [9.17, 15) is 0 Å². The van der Waals surface area contributed by atoms with Gasteiger partial charge in [-0.2, -0.15) is 0 Å². The number of hydrazine groups is 1. The lowest BCUT2D eigenvalue weighted by Crippen LogP contribution is -2.28. The van der Waals surface area contributed by atoms with Crippen molar-refractivity contribution in [3.63, 3.8) is 0 Å². The summed E-state index contributed by atoms with van der Waals surface area (Å²) in [6.45, 7) is 4.36. The van der Waals surface area contributed by atoms with Gasteiger partial charge in [0.05, 0.1) is 6.26 Å².